The number of hydrogen-bond acceptors (Lipinski definition) is 3. The Hall–Kier alpha value is -1.75. The zero-order valence-electron chi connectivity index (χ0n) is 13.1. The lowest BCUT2D eigenvalue weighted by molar-refractivity contribution is 0.234. The van der Waals surface area contributed by atoms with Gasteiger partial charge in [-0.2, -0.15) is 0 Å². The van der Waals surface area contributed by atoms with E-state index in [2.05, 4.69) is 43.5 Å². The van der Waals surface area contributed by atoms with Crippen molar-refractivity contribution in [2.75, 3.05) is 26.3 Å². The fourth-order valence-electron chi connectivity index (χ4n) is 1.73. The summed E-state index contributed by atoms with van der Waals surface area (Å²) in [4.78, 5) is 11.3. The second-order valence-corrected chi connectivity index (χ2v) is 5.88. The lowest BCUT2D eigenvalue weighted by Crippen LogP contribution is -2.38. The third-order valence-electron chi connectivity index (χ3n) is 3.00. The molecule has 0 aromatic heterocycles. The number of aliphatic hydroxyl groups excluding tert-OH is 1. The number of carbonyl (C=O) groups excluding carboxylic acids is 1. The molecular weight excluding hydrogens is 268 g/mol. The summed E-state index contributed by atoms with van der Waals surface area (Å²) < 4.78 is 5.57. The molecule has 0 saturated carbocycles. The molecule has 0 heterocycles. The minimum absolute atomic E-state index is 0.0773. The van der Waals surface area contributed by atoms with Crippen molar-refractivity contribution in [3.8, 4) is 5.75 Å². The summed E-state index contributed by atoms with van der Waals surface area (Å²) in [5, 5.41) is 13.9. The highest BCUT2D eigenvalue weighted by Gasteiger charge is 2.12. The van der Waals surface area contributed by atoms with Gasteiger partial charge >= 0.3 is 6.03 Å². The minimum Gasteiger partial charge on any atom is -0.492 e. The molecule has 0 aliphatic carbocycles. The lowest BCUT2D eigenvalue weighted by Gasteiger charge is -2.19. The second kappa shape index (κ2) is 8.52. The maximum Gasteiger partial charge on any atom is 0.314 e. The molecule has 0 radical (unpaired) electrons. The van der Waals surface area contributed by atoms with Gasteiger partial charge in [0, 0.05) is 13.2 Å². The Labute approximate surface area is 126 Å². The zero-order valence-corrected chi connectivity index (χ0v) is 13.1. The van der Waals surface area contributed by atoms with Gasteiger partial charge in [0.25, 0.3) is 0 Å². The Bertz CT molecular complexity index is 424. The Kier molecular flexibility index (Phi) is 7.02. The Morgan fingerprint density at radius 1 is 1.14 bits per heavy atom. The summed E-state index contributed by atoms with van der Waals surface area (Å²) >= 11 is 0. The van der Waals surface area contributed by atoms with Gasteiger partial charge in [0.2, 0.25) is 0 Å². The van der Waals surface area contributed by atoms with Gasteiger partial charge in [0.05, 0.1) is 6.54 Å². The Balaban J connectivity index is 2.22. The van der Waals surface area contributed by atoms with E-state index in [1.807, 2.05) is 12.1 Å². The first kappa shape index (κ1) is 17.3. The van der Waals surface area contributed by atoms with Crippen molar-refractivity contribution in [1.29, 1.82) is 0 Å². The van der Waals surface area contributed by atoms with Crippen molar-refractivity contribution in [1.82, 2.24) is 10.6 Å². The molecule has 0 fully saturated rings. The summed E-state index contributed by atoms with van der Waals surface area (Å²) in [6.07, 6.45) is 0.560. The molecule has 1 aromatic carbocycles. The fourth-order valence-corrected chi connectivity index (χ4v) is 1.73. The van der Waals surface area contributed by atoms with E-state index in [0.717, 1.165) is 5.75 Å². The molecule has 5 heteroatoms. The first-order valence-electron chi connectivity index (χ1n) is 7.29. The second-order valence-electron chi connectivity index (χ2n) is 5.88. The van der Waals surface area contributed by atoms with Gasteiger partial charge in [-0.25, -0.2) is 4.79 Å². The molecule has 0 unspecified atom stereocenters. The monoisotopic (exact) mass is 294 g/mol. The Morgan fingerprint density at radius 3 is 2.33 bits per heavy atom. The van der Waals surface area contributed by atoms with E-state index in [0.29, 0.717) is 26.1 Å². The van der Waals surface area contributed by atoms with Crippen LogP contribution in [-0.2, 0) is 5.41 Å². The Morgan fingerprint density at radius 2 is 1.76 bits per heavy atom. The molecule has 0 aliphatic heterocycles. The predicted octanol–water partition coefficient (Wildman–Crippen LogP) is 2.04. The highest BCUT2D eigenvalue weighted by molar-refractivity contribution is 5.73. The lowest BCUT2D eigenvalue weighted by atomic mass is 9.87. The van der Waals surface area contributed by atoms with Crippen LogP contribution in [0, 0.1) is 0 Å². The van der Waals surface area contributed by atoms with E-state index < -0.39 is 0 Å². The first-order chi connectivity index (χ1) is 9.93. The van der Waals surface area contributed by atoms with E-state index in [1.165, 1.54) is 5.56 Å². The molecule has 1 aromatic rings. The van der Waals surface area contributed by atoms with Gasteiger partial charge in [-0.15, -0.1) is 0 Å². The molecule has 3 N–H and O–H groups in total. The van der Waals surface area contributed by atoms with Crippen molar-refractivity contribution in [2.24, 2.45) is 0 Å². The molecule has 2 amide bonds. The molecule has 21 heavy (non-hydrogen) atoms. The van der Waals surface area contributed by atoms with Crippen LogP contribution in [0.4, 0.5) is 4.79 Å². The van der Waals surface area contributed by atoms with E-state index in [1.54, 1.807) is 0 Å². The normalized spacial score (nSPS) is 11.0. The molecular formula is C16H26N2O3. The molecule has 0 atom stereocenters. The fraction of sp³-hybridized carbons (Fsp3) is 0.562. The van der Waals surface area contributed by atoms with E-state index in [9.17, 15) is 4.79 Å². The molecule has 0 bridgehead atoms. The van der Waals surface area contributed by atoms with Crippen LogP contribution in [0.3, 0.4) is 0 Å². The summed E-state index contributed by atoms with van der Waals surface area (Å²) in [5.74, 6) is 0.797. The van der Waals surface area contributed by atoms with Crippen molar-refractivity contribution in [3.63, 3.8) is 0 Å². The quantitative estimate of drug-likeness (QED) is 0.674. The third kappa shape index (κ3) is 6.99. The molecule has 0 spiro atoms. The van der Waals surface area contributed by atoms with Crippen LogP contribution in [0.5, 0.6) is 5.75 Å². The van der Waals surface area contributed by atoms with Gasteiger partial charge in [0.15, 0.2) is 0 Å². The third-order valence-corrected chi connectivity index (χ3v) is 3.00. The van der Waals surface area contributed by atoms with Crippen LogP contribution in [0.25, 0.3) is 0 Å². The average Bonchev–Trinajstić information content (AvgIpc) is 2.43. The van der Waals surface area contributed by atoms with Crippen LogP contribution in [0.2, 0.25) is 0 Å². The maximum atomic E-state index is 11.3. The standard InChI is InChI=1S/C16H26N2O3/c1-16(2,3)13-5-7-14(8-6-13)21-12-10-18-15(20)17-9-4-11-19/h5-8,19H,4,9-12H2,1-3H3,(H2,17,18,20). The number of rotatable bonds is 7. The summed E-state index contributed by atoms with van der Waals surface area (Å²) in [5.41, 5.74) is 1.39. The van der Waals surface area contributed by atoms with Crippen LogP contribution >= 0.6 is 0 Å². The van der Waals surface area contributed by atoms with Gasteiger partial charge in [-0.1, -0.05) is 32.9 Å². The van der Waals surface area contributed by atoms with Crippen molar-refractivity contribution < 1.29 is 14.6 Å². The maximum absolute atomic E-state index is 11.3. The smallest absolute Gasteiger partial charge is 0.314 e. The molecule has 118 valence electrons. The predicted molar refractivity (Wildman–Crippen MR) is 83.7 cm³/mol. The van der Waals surface area contributed by atoms with Crippen molar-refractivity contribution in [2.45, 2.75) is 32.6 Å². The largest absolute Gasteiger partial charge is 0.492 e. The zero-order chi connectivity index (χ0) is 15.7. The summed E-state index contributed by atoms with van der Waals surface area (Å²) in [6, 6.07) is 7.77. The summed E-state index contributed by atoms with van der Waals surface area (Å²) in [6.45, 7) is 7.91. The minimum atomic E-state index is -0.241. The average molecular weight is 294 g/mol. The number of amides is 2. The molecule has 0 aliphatic rings. The highest BCUT2D eigenvalue weighted by atomic mass is 16.5. The van der Waals surface area contributed by atoms with E-state index >= 15 is 0 Å². The van der Waals surface area contributed by atoms with Crippen LogP contribution in [0.1, 0.15) is 32.8 Å². The van der Waals surface area contributed by atoms with Gasteiger partial charge in [-0.3, -0.25) is 0 Å². The SMILES string of the molecule is CC(C)(C)c1ccc(OCCNC(=O)NCCCO)cc1. The number of ether oxygens (including phenoxy) is 1. The van der Waals surface area contributed by atoms with E-state index in [4.69, 9.17) is 9.84 Å². The molecule has 5 nitrogen and oxygen atoms in total. The molecule has 0 saturated heterocycles. The van der Waals surface area contributed by atoms with Gasteiger partial charge < -0.3 is 20.5 Å². The number of aliphatic hydroxyl groups is 1. The molecule has 1 rings (SSSR count). The van der Waals surface area contributed by atoms with Crippen LogP contribution < -0.4 is 15.4 Å². The van der Waals surface area contributed by atoms with E-state index in [-0.39, 0.29) is 18.1 Å². The number of benzene rings is 1. The highest BCUT2D eigenvalue weighted by Crippen LogP contribution is 2.24. The van der Waals surface area contributed by atoms with Crippen molar-refractivity contribution >= 4 is 6.03 Å². The topological polar surface area (TPSA) is 70.6 Å². The van der Waals surface area contributed by atoms with Crippen LogP contribution in [0.15, 0.2) is 24.3 Å². The van der Waals surface area contributed by atoms with Crippen LogP contribution in [-0.4, -0.2) is 37.4 Å². The summed E-state index contributed by atoms with van der Waals surface area (Å²) in [7, 11) is 0. The number of nitrogens with one attached hydrogen (secondary N) is 2. The number of carbonyl (C=O) groups is 1. The number of hydrogen-bond donors (Lipinski definition) is 3. The first-order valence-corrected chi connectivity index (χ1v) is 7.29. The number of urea groups is 1. The van der Waals surface area contributed by atoms with Gasteiger partial charge in [-0.05, 0) is 29.5 Å². The van der Waals surface area contributed by atoms with Crippen molar-refractivity contribution in [3.05, 3.63) is 29.8 Å². The van der Waals surface area contributed by atoms with Gasteiger partial charge in [0.1, 0.15) is 12.4 Å².